The number of thioether (sulfide) groups is 1. The van der Waals surface area contributed by atoms with Gasteiger partial charge in [0.2, 0.25) is 0 Å². The zero-order valence-electron chi connectivity index (χ0n) is 13.9. The van der Waals surface area contributed by atoms with Gasteiger partial charge in [0.25, 0.3) is 5.69 Å². The molecule has 0 N–H and O–H groups in total. The van der Waals surface area contributed by atoms with Crippen molar-refractivity contribution in [2.75, 3.05) is 0 Å². The van der Waals surface area contributed by atoms with E-state index < -0.39 is 0 Å². The van der Waals surface area contributed by atoms with E-state index in [0.29, 0.717) is 5.02 Å². The van der Waals surface area contributed by atoms with Crippen LogP contribution in [-0.2, 0) is 0 Å². The number of rotatable bonds is 5. The summed E-state index contributed by atoms with van der Waals surface area (Å²) in [4.78, 5) is 15.3. The summed E-state index contributed by atoms with van der Waals surface area (Å²) in [6, 6.07) is 22.8. The summed E-state index contributed by atoms with van der Waals surface area (Å²) in [5, 5.41) is 11.8. The highest BCUT2D eigenvalue weighted by Gasteiger charge is 2.19. The van der Waals surface area contributed by atoms with Crippen LogP contribution in [0.2, 0.25) is 5.02 Å². The molecule has 0 aliphatic heterocycles. The minimum atomic E-state index is -0.382. The second-order valence-corrected chi connectivity index (χ2v) is 8.67. The lowest BCUT2D eigenvalue weighted by Crippen LogP contribution is -1.96. The van der Waals surface area contributed by atoms with Crippen molar-refractivity contribution in [2.45, 2.75) is 9.59 Å². The maximum Gasteiger partial charge on any atom is 0.270 e. The first kappa shape index (κ1) is 18.0. The van der Waals surface area contributed by atoms with E-state index in [-0.39, 0.29) is 15.9 Å². The number of hydrogen-bond donors (Lipinski definition) is 0. The lowest BCUT2D eigenvalue weighted by molar-refractivity contribution is -0.384. The molecular weight excluding hydrogens is 400 g/mol. The van der Waals surface area contributed by atoms with Crippen molar-refractivity contribution in [3.8, 4) is 0 Å². The number of aromatic nitrogens is 1. The van der Waals surface area contributed by atoms with Gasteiger partial charge in [0, 0.05) is 17.2 Å². The zero-order chi connectivity index (χ0) is 18.8. The van der Waals surface area contributed by atoms with Gasteiger partial charge in [-0.25, -0.2) is 4.98 Å². The summed E-state index contributed by atoms with van der Waals surface area (Å²) in [7, 11) is 0. The zero-order valence-corrected chi connectivity index (χ0v) is 16.3. The van der Waals surface area contributed by atoms with Crippen LogP contribution in [0, 0.1) is 10.1 Å². The molecule has 1 aromatic heterocycles. The quantitative estimate of drug-likeness (QED) is 0.207. The Labute approximate surface area is 169 Å². The average Bonchev–Trinajstić information content (AvgIpc) is 3.09. The third-order valence-corrected chi connectivity index (χ3v) is 6.73. The molecule has 0 saturated heterocycles. The van der Waals surface area contributed by atoms with Crippen molar-refractivity contribution >= 4 is 50.6 Å². The fraction of sp³-hybridized carbons (Fsp3) is 0.0500. The van der Waals surface area contributed by atoms with Gasteiger partial charge in [0.1, 0.15) is 0 Å². The third kappa shape index (κ3) is 3.98. The first-order chi connectivity index (χ1) is 13.1. The Hall–Kier alpha value is -2.41. The summed E-state index contributed by atoms with van der Waals surface area (Å²) >= 11 is 9.15. The highest BCUT2D eigenvalue weighted by atomic mass is 35.5. The van der Waals surface area contributed by atoms with E-state index >= 15 is 0 Å². The predicted octanol–water partition coefficient (Wildman–Crippen LogP) is 6.74. The van der Waals surface area contributed by atoms with Gasteiger partial charge < -0.3 is 0 Å². The van der Waals surface area contributed by atoms with E-state index in [0.717, 1.165) is 25.7 Å². The predicted molar refractivity (Wildman–Crippen MR) is 112 cm³/mol. The van der Waals surface area contributed by atoms with Gasteiger partial charge in [-0.05, 0) is 29.3 Å². The Morgan fingerprint density at radius 1 is 1.00 bits per heavy atom. The van der Waals surface area contributed by atoms with Crippen LogP contribution >= 0.6 is 34.7 Å². The number of hydrogen-bond acceptors (Lipinski definition) is 5. The van der Waals surface area contributed by atoms with Crippen molar-refractivity contribution in [3.63, 3.8) is 0 Å². The molecule has 1 heterocycles. The van der Waals surface area contributed by atoms with Crippen LogP contribution in [0.1, 0.15) is 16.4 Å². The number of nitro groups is 1. The van der Waals surface area contributed by atoms with Gasteiger partial charge in [0.15, 0.2) is 4.34 Å². The molecule has 0 radical (unpaired) electrons. The molecule has 0 saturated carbocycles. The smallest absolute Gasteiger partial charge is 0.258 e. The monoisotopic (exact) mass is 412 g/mol. The Morgan fingerprint density at radius 2 is 1.70 bits per heavy atom. The van der Waals surface area contributed by atoms with Gasteiger partial charge in [-0.3, -0.25) is 10.1 Å². The van der Waals surface area contributed by atoms with E-state index in [1.165, 1.54) is 17.4 Å². The van der Waals surface area contributed by atoms with Crippen LogP contribution in [0.5, 0.6) is 0 Å². The van der Waals surface area contributed by atoms with Crippen LogP contribution < -0.4 is 0 Å². The lowest BCUT2D eigenvalue weighted by Gasteiger charge is -2.16. The molecule has 134 valence electrons. The number of fused-ring (bicyclic) bond motifs is 1. The normalized spacial score (nSPS) is 12.2. The Morgan fingerprint density at radius 3 is 2.41 bits per heavy atom. The molecule has 0 spiro atoms. The molecule has 0 aliphatic rings. The summed E-state index contributed by atoms with van der Waals surface area (Å²) in [6.07, 6.45) is 0. The molecule has 7 heteroatoms. The molecule has 1 atom stereocenters. The maximum absolute atomic E-state index is 11.0. The largest absolute Gasteiger partial charge is 0.270 e. The molecule has 0 aliphatic carbocycles. The van der Waals surface area contributed by atoms with Gasteiger partial charge in [-0.2, -0.15) is 0 Å². The van der Waals surface area contributed by atoms with Gasteiger partial charge >= 0.3 is 0 Å². The van der Waals surface area contributed by atoms with Crippen molar-refractivity contribution in [1.82, 2.24) is 4.98 Å². The Bertz CT molecular complexity index is 1100. The van der Waals surface area contributed by atoms with Crippen LogP contribution in [0.25, 0.3) is 10.2 Å². The molecule has 27 heavy (non-hydrogen) atoms. The first-order valence-corrected chi connectivity index (χ1v) is 10.2. The summed E-state index contributed by atoms with van der Waals surface area (Å²) in [5.41, 5.74) is 3.15. The van der Waals surface area contributed by atoms with E-state index in [1.807, 2.05) is 42.5 Å². The molecule has 0 fully saturated rings. The number of non-ortho nitro benzene ring substituents is 1. The lowest BCUT2D eigenvalue weighted by atomic mass is 10.0. The molecule has 4 nitrogen and oxygen atoms in total. The minimum absolute atomic E-state index is 0.0546. The van der Waals surface area contributed by atoms with Gasteiger partial charge in [0.05, 0.1) is 20.4 Å². The van der Waals surface area contributed by atoms with Crippen molar-refractivity contribution in [3.05, 3.63) is 99.1 Å². The highest BCUT2D eigenvalue weighted by Crippen LogP contribution is 2.43. The number of nitro benzene ring substituents is 1. The second-order valence-electron chi connectivity index (χ2n) is 5.85. The van der Waals surface area contributed by atoms with E-state index in [1.54, 1.807) is 23.9 Å². The number of halogens is 1. The first-order valence-electron chi connectivity index (χ1n) is 8.12. The van der Waals surface area contributed by atoms with Gasteiger partial charge in [-0.1, -0.05) is 65.8 Å². The van der Waals surface area contributed by atoms with Gasteiger partial charge in [-0.15, -0.1) is 11.3 Å². The van der Waals surface area contributed by atoms with Crippen molar-refractivity contribution in [1.29, 1.82) is 0 Å². The van der Waals surface area contributed by atoms with E-state index in [2.05, 4.69) is 17.1 Å². The summed E-state index contributed by atoms with van der Waals surface area (Å²) in [5.74, 6) is 0. The van der Waals surface area contributed by atoms with Crippen LogP contribution in [0.15, 0.2) is 77.1 Å². The van der Waals surface area contributed by atoms with Crippen LogP contribution in [0.3, 0.4) is 0 Å². The summed E-state index contributed by atoms with van der Waals surface area (Å²) < 4.78 is 1.68. The molecule has 0 bridgehead atoms. The van der Waals surface area contributed by atoms with Crippen LogP contribution in [-0.4, -0.2) is 9.91 Å². The average molecular weight is 413 g/mol. The third-order valence-electron chi connectivity index (χ3n) is 4.06. The van der Waals surface area contributed by atoms with Crippen LogP contribution in [0.4, 0.5) is 5.69 Å². The molecule has 1 unspecified atom stereocenters. The Kier molecular flexibility index (Phi) is 5.11. The SMILES string of the molecule is O=[N+]([O-])c1ccc2nc(SC(c3ccccc3)c3ccc(Cl)cc3)sc2c1. The fourth-order valence-electron chi connectivity index (χ4n) is 2.75. The number of benzene rings is 3. The topological polar surface area (TPSA) is 56.0 Å². The van der Waals surface area contributed by atoms with E-state index in [4.69, 9.17) is 11.6 Å². The van der Waals surface area contributed by atoms with E-state index in [9.17, 15) is 10.1 Å². The summed E-state index contributed by atoms with van der Waals surface area (Å²) in [6.45, 7) is 0. The highest BCUT2D eigenvalue weighted by molar-refractivity contribution is 8.01. The molecule has 4 rings (SSSR count). The standard InChI is InChI=1S/C20H13ClN2O2S2/c21-15-8-6-14(7-9-15)19(13-4-2-1-3-5-13)27-20-22-17-11-10-16(23(24)25)12-18(17)26-20/h1-12,19H. The second kappa shape index (κ2) is 7.68. The Balaban J connectivity index is 1.72. The molecule has 4 aromatic rings. The van der Waals surface area contributed by atoms with Crippen molar-refractivity contribution < 1.29 is 4.92 Å². The number of nitrogens with zero attached hydrogens (tertiary/aromatic N) is 2. The molecule has 0 amide bonds. The minimum Gasteiger partial charge on any atom is -0.258 e. The number of thiazole rings is 1. The molecule has 3 aromatic carbocycles. The fourth-order valence-corrected chi connectivity index (χ4v) is 5.30. The molecular formula is C20H13ClN2O2S2. The van der Waals surface area contributed by atoms with Crippen molar-refractivity contribution in [2.24, 2.45) is 0 Å². The maximum atomic E-state index is 11.0.